The van der Waals surface area contributed by atoms with Gasteiger partial charge in [-0.1, -0.05) is 0 Å². The monoisotopic (exact) mass is 286 g/mol. The summed E-state index contributed by atoms with van der Waals surface area (Å²) < 4.78 is 54.5. The lowest BCUT2D eigenvalue weighted by Gasteiger charge is -2.14. The average molecular weight is 286 g/mol. The maximum absolute atomic E-state index is 13.1. The molecule has 1 aromatic carbocycles. The van der Waals surface area contributed by atoms with Crippen LogP contribution in [0, 0.1) is 5.82 Å². The summed E-state index contributed by atoms with van der Waals surface area (Å²) >= 11 is 0. The lowest BCUT2D eigenvalue weighted by molar-refractivity contribution is -0.153. The number of anilines is 1. The largest absolute Gasteiger partial charge is 0.483 e. The fourth-order valence-electron chi connectivity index (χ4n) is 1.62. The van der Waals surface area contributed by atoms with Gasteiger partial charge in [0.25, 0.3) is 0 Å². The molecular formula is C13H10F4N2O. The molecule has 106 valence electrons. The Labute approximate surface area is 112 Å². The first-order valence-electron chi connectivity index (χ1n) is 5.55. The number of ether oxygens (including phenoxy) is 1. The van der Waals surface area contributed by atoms with E-state index in [1.807, 2.05) is 0 Å². The highest BCUT2D eigenvalue weighted by Gasteiger charge is 2.29. The molecule has 20 heavy (non-hydrogen) atoms. The second kappa shape index (κ2) is 5.36. The Morgan fingerprint density at radius 3 is 2.55 bits per heavy atom. The minimum absolute atomic E-state index is 0.0743. The molecule has 0 aliphatic rings. The molecule has 0 amide bonds. The Morgan fingerprint density at radius 1 is 1.15 bits per heavy atom. The zero-order valence-electron chi connectivity index (χ0n) is 10.1. The standard InChI is InChI=1S/C13H10F4N2O/c14-9-3-8(5-19-6-9)11-2-1-10(18)4-12(11)20-7-13(15,16)17/h1-6H,7,18H2. The molecule has 0 radical (unpaired) electrons. The molecular weight excluding hydrogens is 276 g/mol. The summed E-state index contributed by atoms with van der Waals surface area (Å²) in [6.07, 6.45) is -2.14. The third-order valence-corrected chi connectivity index (χ3v) is 2.41. The van der Waals surface area contributed by atoms with E-state index in [0.717, 1.165) is 12.3 Å². The Hall–Kier alpha value is -2.31. The molecule has 0 bridgehead atoms. The molecule has 0 spiro atoms. The predicted molar refractivity (Wildman–Crippen MR) is 65.6 cm³/mol. The van der Waals surface area contributed by atoms with Crippen LogP contribution in [0.3, 0.4) is 0 Å². The van der Waals surface area contributed by atoms with Gasteiger partial charge in [-0.3, -0.25) is 4.98 Å². The maximum atomic E-state index is 13.1. The van der Waals surface area contributed by atoms with Crippen molar-refractivity contribution in [3.05, 3.63) is 42.5 Å². The number of pyridine rings is 1. The zero-order valence-corrected chi connectivity index (χ0v) is 10.1. The highest BCUT2D eigenvalue weighted by molar-refractivity contribution is 5.72. The van der Waals surface area contributed by atoms with Crippen LogP contribution in [0.2, 0.25) is 0 Å². The number of hydrogen-bond acceptors (Lipinski definition) is 3. The van der Waals surface area contributed by atoms with Crippen molar-refractivity contribution in [2.75, 3.05) is 12.3 Å². The topological polar surface area (TPSA) is 48.1 Å². The summed E-state index contributed by atoms with van der Waals surface area (Å²) in [7, 11) is 0. The average Bonchev–Trinajstić information content (AvgIpc) is 2.35. The Balaban J connectivity index is 2.38. The maximum Gasteiger partial charge on any atom is 0.422 e. The highest BCUT2D eigenvalue weighted by Crippen LogP contribution is 2.32. The van der Waals surface area contributed by atoms with E-state index in [1.165, 1.54) is 24.4 Å². The van der Waals surface area contributed by atoms with Crippen LogP contribution in [0.4, 0.5) is 23.2 Å². The number of rotatable bonds is 3. The second-order valence-corrected chi connectivity index (χ2v) is 4.05. The molecule has 0 unspecified atom stereocenters. The van der Waals surface area contributed by atoms with Gasteiger partial charge < -0.3 is 10.5 Å². The van der Waals surface area contributed by atoms with E-state index in [-0.39, 0.29) is 17.0 Å². The molecule has 0 aliphatic heterocycles. The normalized spacial score (nSPS) is 11.4. The molecule has 1 aromatic heterocycles. The van der Waals surface area contributed by atoms with Crippen molar-refractivity contribution in [2.24, 2.45) is 0 Å². The first-order valence-corrected chi connectivity index (χ1v) is 5.55. The fourth-order valence-corrected chi connectivity index (χ4v) is 1.62. The quantitative estimate of drug-likeness (QED) is 0.694. The van der Waals surface area contributed by atoms with Gasteiger partial charge in [-0.15, -0.1) is 0 Å². The Bertz CT molecular complexity index is 614. The van der Waals surface area contributed by atoms with Gasteiger partial charge in [-0.05, 0) is 18.2 Å². The molecule has 1 heterocycles. The molecule has 0 atom stereocenters. The summed E-state index contributed by atoms with van der Waals surface area (Å²) in [5.41, 5.74) is 6.36. The molecule has 3 nitrogen and oxygen atoms in total. The highest BCUT2D eigenvalue weighted by atomic mass is 19.4. The lowest BCUT2D eigenvalue weighted by atomic mass is 10.1. The molecule has 2 aromatic rings. The number of benzene rings is 1. The van der Waals surface area contributed by atoms with Crippen molar-refractivity contribution in [3.63, 3.8) is 0 Å². The number of hydrogen-bond donors (Lipinski definition) is 1. The van der Waals surface area contributed by atoms with Crippen LogP contribution in [0.1, 0.15) is 0 Å². The third kappa shape index (κ3) is 3.59. The second-order valence-electron chi connectivity index (χ2n) is 4.05. The van der Waals surface area contributed by atoms with Gasteiger partial charge in [0.05, 0.1) is 6.20 Å². The number of nitrogens with two attached hydrogens (primary N) is 1. The van der Waals surface area contributed by atoms with Gasteiger partial charge >= 0.3 is 6.18 Å². The van der Waals surface area contributed by atoms with Gasteiger partial charge in [0, 0.05) is 29.1 Å². The van der Waals surface area contributed by atoms with E-state index in [1.54, 1.807) is 0 Å². The van der Waals surface area contributed by atoms with Crippen molar-refractivity contribution >= 4 is 5.69 Å². The zero-order chi connectivity index (χ0) is 14.8. The van der Waals surface area contributed by atoms with Gasteiger partial charge in [0.1, 0.15) is 11.6 Å². The Kier molecular flexibility index (Phi) is 3.78. The van der Waals surface area contributed by atoms with Crippen LogP contribution in [0.15, 0.2) is 36.7 Å². The van der Waals surface area contributed by atoms with Crippen molar-refractivity contribution in [2.45, 2.75) is 6.18 Å². The van der Waals surface area contributed by atoms with Gasteiger partial charge in [0.2, 0.25) is 0 Å². The first-order chi connectivity index (χ1) is 9.35. The summed E-state index contributed by atoms with van der Waals surface area (Å²) in [4.78, 5) is 3.65. The van der Waals surface area contributed by atoms with Crippen molar-refractivity contribution in [3.8, 4) is 16.9 Å². The molecule has 0 fully saturated rings. The fraction of sp³-hybridized carbons (Fsp3) is 0.154. The van der Waals surface area contributed by atoms with E-state index in [9.17, 15) is 17.6 Å². The van der Waals surface area contributed by atoms with E-state index in [0.29, 0.717) is 5.56 Å². The van der Waals surface area contributed by atoms with Gasteiger partial charge in [-0.25, -0.2) is 4.39 Å². The van der Waals surface area contributed by atoms with Crippen molar-refractivity contribution in [1.29, 1.82) is 0 Å². The van der Waals surface area contributed by atoms with Crippen LogP contribution in [0.25, 0.3) is 11.1 Å². The van der Waals surface area contributed by atoms with Crippen LogP contribution < -0.4 is 10.5 Å². The van der Waals surface area contributed by atoms with Crippen molar-refractivity contribution < 1.29 is 22.3 Å². The molecule has 7 heteroatoms. The van der Waals surface area contributed by atoms with E-state index in [4.69, 9.17) is 10.5 Å². The molecule has 0 aliphatic carbocycles. The molecule has 2 N–H and O–H groups in total. The first kappa shape index (κ1) is 14.1. The van der Waals surface area contributed by atoms with Crippen molar-refractivity contribution in [1.82, 2.24) is 4.98 Å². The SMILES string of the molecule is Nc1ccc(-c2cncc(F)c2)c(OCC(F)(F)F)c1. The van der Waals surface area contributed by atoms with E-state index < -0.39 is 18.6 Å². The van der Waals surface area contributed by atoms with E-state index >= 15 is 0 Å². The summed E-state index contributed by atoms with van der Waals surface area (Å²) in [5, 5.41) is 0. The smallest absolute Gasteiger partial charge is 0.422 e. The van der Waals surface area contributed by atoms with Gasteiger partial charge in [-0.2, -0.15) is 13.2 Å². The van der Waals surface area contributed by atoms with Crippen LogP contribution in [-0.2, 0) is 0 Å². The van der Waals surface area contributed by atoms with E-state index in [2.05, 4.69) is 4.98 Å². The predicted octanol–water partition coefficient (Wildman–Crippen LogP) is 3.41. The molecule has 2 rings (SSSR count). The minimum Gasteiger partial charge on any atom is -0.483 e. The summed E-state index contributed by atoms with van der Waals surface area (Å²) in [6, 6.07) is 5.35. The Morgan fingerprint density at radius 2 is 1.90 bits per heavy atom. The lowest BCUT2D eigenvalue weighted by Crippen LogP contribution is -2.19. The van der Waals surface area contributed by atoms with Crippen LogP contribution in [0.5, 0.6) is 5.75 Å². The minimum atomic E-state index is -4.47. The number of nitrogen functional groups attached to an aromatic ring is 1. The summed E-state index contributed by atoms with van der Waals surface area (Å²) in [6.45, 7) is -1.45. The summed E-state index contributed by atoms with van der Waals surface area (Å²) in [5.74, 6) is -0.671. The third-order valence-electron chi connectivity index (χ3n) is 2.41. The number of halogens is 4. The van der Waals surface area contributed by atoms with Crippen LogP contribution in [-0.4, -0.2) is 17.8 Å². The molecule has 0 saturated carbocycles. The number of alkyl halides is 3. The van der Waals surface area contributed by atoms with Crippen LogP contribution >= 0.6 is 0 Å². The number of nitrogens with zero attached hydrogens (tertiary/aromatic N) is 1. The van der Waals surface area contributed by atoms with Gasteiger partial charge in [0.15, 0.2) is 6.61 Å². The number of aromatic nitrogens is 1. The molecule has 0 saturated heterocycles.